The van der Waals surface area contributed by atoms with Gasteiger partial charge in [0.1, 0.15) is 0 Å². The van der Waals surface area contributed by atoms with Gasteiger partial charge in [-0.15, -0.1) is 0 Å². The zero-order valence-corrected chi connectivity index (χ0v) is 11.2. The molecule has 1 heterocycles. The van der Waals surface area contributed by atoms with Gasteiger partial charge in [0.2, 0.25) is 0 Å². The normalized spacial score (nSPS) is 25.9. The molecule has 2 heteroatoms. The molecule has 0 aromatic heterocycles. The Labute approximate surface area is 100 Å². The third-order valence-corrected chi connectivity index (χ3v) is 4.39. The molecule has 1 aliphatic heterocycles. The monoisotopic (exact) mass is 267 g/mol. The summed E-state index contributed by atoms with van der Waals surface area (Å²) in [5, 5.41) is 3.64. The van der Waals surface area contributed by atoms with Gasteiger partial charge in [-0.05, 0) is 62.9 Å². The first kappa shape index (κ1) is 11.2. The van der Waals surface area contributed by atoms with Gasteiger partial charge < -0.3 is 5.32 Å². The van der Waals surface area contributed by atoms with Crippen molar-refractivity contribution in [3.8, 4) is 0 Å². The molecule has 1 unspecified atom stereocenters. The van der Waals surface area contributed by atoms with Crippen molar-refractivity contribution in [1.82, 2.24) is 5.32 Å². The minimum atomic E-state index is 0.179. The Morgan fingerprint density at radius 2 is 2.07 bits per heavy atom. The van der Waals surface area contributed by atoms with Crippen molar-refractivity contribution in [1.29, 1.82) is 0 Å². The van der Waals surface area contributed by atoms with Crippen molar-refractivity contribution in [2.75, 3.05) is 6.54 Å². The molecule has 1 nitrogen and oxygen atoms in total. The average Bonchev–Trinajstić information content (AvgIpc) is 2.60. The second kappa shape index (κ2) is 3.91. The predicted molar refractivity (Wildman–Crippen MR) is 68.2 cm³/mol. The van der Waals surface area contributed by atoms with Gasteiger partial charge in [-0.3, -0.25) is 0 Å². The molecule has 1 aromatic rings. The molecule has 1 fully saturated rings. The van der Waals surface area contributed by atoms with Gasteiger partial charge in [0.15, 0.2) is 0 Å². The SMILES string of the molecule is Cc1ccc(Br)c(C)c1C1(C)CCCN1. The van der Waals surface area contributed by atoms with E-state index >= 15 is 0 Å². The fourth-order valence-corrected chi connectivity index (χ4v) is 3.11. The van der Waals surface area contributed by atoms with Crippen LogP contribution in [0.1, 0.15) is 36.5 Å². The van der Waals surface area contributed by atoms with E-state index in [2.05, 4.69) is 54.2 Å². The number of aryl methyl sites for hydroxylation is 1. The second-order valence-corrected chi connectivity index (χ2v) is 5.58. The zero-order chi connectivity index (χ0) is 11.1. The maximum Gasteiger partial charge on any atom is 0.0412 e. The molecule has 82 valence electrons. The van der Waals surface area contributed by atoms with Crippen LogP contribution in [0.3, 0.4) is 0 Å². The molecule has 0 bridgehead atoms. The summed E-state index contributed by atoms with van der Waals surface area (Å²) in [6.07, 6.45) is 2.52. The second-order valence-electron chi connectivity index (χ2n) is 4.73. The minimum Gasteiger partial charge on any atom is -0.308 e. The largest absolute Gasteiger partial charge is 0.308 e. The van der Waals surface area contributed by atoms with Gasteiger partial charge in [0.05, 0.1) is 0 Å². The van der Waals surface area contributed by atoms with E-state index < -0.39 is 0 Å². The maximum atomic E-state index is 3.64. The molecule has 0 aliphatic carbocycles. The van der Waals surface area contributed by atoms with Crippen LogP contribution in [0.4, 0.5) is 0 Å². The van der Waals surface area contributed by atoms with Crippen LogP contribution in [0.5, 0.6) is 0 Å². The molecule has 1 aliphatic rings. The van der Waals surface area contributed by atoms with Crippen molar-refractivity contribution < 1.29 is 0 Å². The lowest BCUT2D eigenvalue weighted by Crippen LogP contribution is -2.34. The summed E-state index contributed by atoms with van der Waals surface area (Å²) < 4.78 is 1.22. The molecule has 15 heavy (non-hydrogen) atoms. The fourth-order valence-electron chi connectivity index (χ4n) is 2.78. The van der Waals surface area contributed by atoms with Gasteiger partial charge in [-0.1, -0.05) is 22.0 Å². The molecule has 0 spiro atoms. The number of halogens is 1. The van der Waals surface area contributed by atoms with Crippen LogP contribution in [-0.4, -0.2) is 6.54 Å². The lowest BCUT2D eigenvalue weighted by atomic mass is 9.84. The third-order valence-electron chi connectivity index (χ3n) is 3.53. The Morgan fingerprint density at radius 3 is 2.67 bits per heavy atom. The van der Waals surface area contributed by atoms with Gasteiger partial charge in [0, 0.05) is 10.0 Å². The summed E-state index contributed by atoms with van der Waals surface area (Å²) in [4.78, 5) is 0. The smallest absolute Gasteiger partial charge is 0.0412 e. The van der Waals surface area contributed by atoms with E-state index in [4.69, 9.17) is 0 Å². The average molecular weight is 268 g/mol. The Morgan fingerprint density at radius 1 is 1.33 bits per heavy atom. The Kier molecular flexibility index (Phi) is 2.91. The highest BCUT2D eigenvalue weighted by molar-refractivity contribution is 9.10. The molecule has 2 rings (SSSR count). The van der Waals surface area contributed by atoms with Crippen LogP contribution in [0.15, 0.2) is 16.6 Å². The highest BCUT2D eigenvalue weighted by Gasteiger charge is 2.32. The van der Waals surface area contributed by atoms with E-state index in [0.29, 0.717) is 0 Å². The predicted octanol–water partition coefficient (Wildman–Crippen LogP) is 3.66. The van der Waals surface area contributed by atoms with E-state index in [1.165, 1.54) is 34.0 Å². The van der Waals surface area contributed by atoms with Crippen molar-refractivity contribution in [3.63, 3.8) is 0 Å². The van der Waals surface area contributed by atoms with Crippen LogP contribution >= 0.6 is 15.9 Å². The van der Waals surface area contributed by atoms with E-state index in [0.717, 1.165) is 6.54 Å². The fraction of sp³-hybridized carbons (Fsp3) is 0.538. The molecule has 1 saturated heterocycles. The number of hydrogen-bond acceptors (Lipinski definition) is 1. The standard InChI is InChI=1S/C13H18BrN/c1-9-5-6-11(14)10(2)12(9)13(3)7-4-8-15-13/h5-6,15H,4,7-8H2,1-3H3. The zero-order valence-electron chi connectivity index (χ0n) is 9.65. The molecule has 1 atom stereocenters. The third kappa shape index (κ3) is 1.85. The van der Waals surface area contributed by atoms with Gasteiger partial charge >= 0.3 is 0 Å². The van der Waals surface area contributed by atoms with Crippen LogP contribution in [0.2, 0.25) is 0 Å². The highest BCUT2D eigenvalue weighted by Crippen LogP contribution is 2.36. The first-order chi connectivity index (χ1) is 7.04. The molecule has 0 amide bonds. The Balaban J connectivity index is 2.55. The maximum absolute atomic E-state index is 3.64. The Bertz CT molecular complexity index is 378. The van der Waals surface area contributed by atoms with E-state index in [-0.39, 0.29) is 5.54 Å². The molecular formula is C13H18BrN. The number of benzene rings is 1. The van der Waals surface area contributed by atoms with Crippen LogP contribution < -0.4 is 5.32 Å². The molecular weight excluding hydrogens is 250 g/mol. The summed E-state index contributed by atoms with van der Waals surface area (Å²) in [7, 11) is 0. The topological polar surface area (TPSA) is 12.0 Å². The van der Waals surface area contributed by atoms with E-state index in [9.17, 15) is 0 Å². The summed E-state index contributed by atoms with van der Waals surface area (Å²) in [5.41, 5.74) is 4.44. The van der Waals surface area contributed by atoms with Crippen molar-refractivity contribution in [2.24, 2.45) is 0 Å². The highest BCUT2D eigenvalue weighted by atomic mass is 79.9. The first-order valence-corrected chi connectivity index (χ1v) is 6.35. The minimum absolute atomic E-state index is 0.179. The van der Waals surface area contributed by atoms with Gasteiger partial charge in [-0.25, -0.2) is 0 Å². The van der Waals surface area contributed by atoms with Crippen molar-refractivity contribution >= 4 is 15.9 Å². The summed E-state index contributed by atoms with van der Waals surface area (Å²) in [6.45, 7) is 7.88. The summed E-state index contributed by atoms with van der Waals surface area (Å²) >= 11 is 3.62. The lowest BCUT2D eigenvalue weighted by molar-refractivity contribution is 0.430. The van der Waals surface area contributed by atoms with Crippen LogP contribution in [-0.2, 0) is 5.54 Å². The molecule has 0 saturated carbocycles. The van der Waals surface area contributed by atoms with Gasteiger partial charge in [-0.2, -0.15) is 0 Å². The summed E-state index contributed by atoms with van der Waals surface area (Å²) in [6, 6.07) is 4.35. The molecule has 0 radical (unpaired) electrons. The van der Waals surface area contributed by atoms with Crippen LogP contribution in [0, 0.1) is 13.8 Å². The van der Waals surface area contributed by atoms with E-state index in [1.54, 1.807) is 0 Å². The van der Waals surface area contributed by atoms with Crippen molar-refractivity contribution in [3.05, 3.63) is 33.3 Å². The van der Waals surface area contributed by atoms with Gasteiger partial charge in [0.25, 0.3) is 0 Å². The summed E-state index contributed by atoms with van der Waals surface area (Å²) in [5.74, 6) is 0. The lowest BCUT2D eigenvalue weighted by Gasteiger charge is -2.29. The van der Waals surface area contributed by atoms with Crippen molar-refractivity contribution in [2.45, 2.75) is 39.2 Å². The molecule has 1 aromatic carbocycles. The number of hydrogen-bond donors (Lipinski definition) is 1. The number of nitrogens with one attached hydrogen (secondary N) is 1. The Hall–Kier alpha value is -0.340. The first-order valence-electron chi connectivity index (χ1n) is 5.56. The van der Waals surface area contributed by atoms with Crippen LogP contribution in [0.25, 0.3) is 0 Å². The van der Waals surface area contributed by atoms with E-state index in [1.807, 2.05) is 0 Å². The number of rotatable bonds is 1. The quantitative estimate of drug-likeness (QED) is 0.819. The molecule has 1 N–H and O–H groups in total.